The molecule has 5 heteroatoms. The third-order valence-electron chi connectivity index (χ3n) is 2.54. The largest absolute Gasteiger partial charge is 0.365 e. The highest BCUT2D eigenvalue weighted by Crippen LogP contribution is 2.05. The summed E-state index contributed by atoms with van der Waals surface area (Å²) >= 11 is 0. The first-order valence-corrected chi connectivity index (χ1v) is 5.77. The molecule has 1 N–H and O–H groups in total. The van der Waals surface area contributed by atoms with Gasteiger partial charge in [-0.3, -0.25) is 5.43 Å². The fourth-order valence-electron chi connectivity index (χ4n) is 1.64. The summed E-state index contributed by atoms with van der Waals surface area (Å²) in [5.41, 5.74) is 3.81. The summed E-state index contributed by atoms with van der Waals surface area (Å²) < 4.78 is 2.95. The van der Waals surface area contributed by atoms with Gasteiger partial charge in [-0.05, 0) is 19.1 Å². The zero-order valence-corrected chi connectivity index (χ0v) is 10.1. The van der Waals surface area contributed by atoms with E-state index in [4.69, 9.17) is 0 Å². The molecule has 0 atom stereocenters. The van der Waals surface area contributed by atoms with Gasteiger partial charge in [-0.15, -0.1) is 0 Å². The molecule has 0 saturated heterocycles. The molecule has 17 heavy (non-hydrogen) atoms. The second-order valence-electron chi connectivity index (χ2n) is 3.68. The van der Waals surface area contributed by atoms with Crippen LogP contribution in [-0.2, 0) is 13.0 Å². The highest BCUT2D eigenvalue weighted by Gasteiger charge is 2.10. The zero-order chi connectivity index (χ0) is 12.3. The fraction of sp³-hybridized carbons (Fsp3) is 0.333. The Labute approximate surface area is 99.7 Å². The average Bonchev–Trinajstić information content (AvgIpc) is 2.68. The molecule has 0 bridgehead atoms. The summed E-state index contributed by atoms with van der Waals surface area (Å²) in [4.78, 5) is 12.0. The summed E-state index contributed by atoms with van der Waals surface area (Å²) in [5, 5.41) is 4.25. The van der Waals surface area contributed by atoms with Crippen LogP contribution in [0.15, 0.2) is 35.1 Å². The Kier molecular flexibility index (Phi) is 3.27. The summed E-state index contributed by atoms with van der Waals surface area (Å²) in [7, 11) is 0. The molecule has 0 unspecified atom stereocenters. The van der Waals surface area contributed by atoms with Crippen LogP contribution in [0.2, 0.25) is 0 Å². The van der Waals surface area contributed by atoms with Crippen LogP contribution in [0.1, 0.15) is 19.7 Å². The van der Waals surface area contributed by atoms with Crippen molar-refractivity contribution in [3.05, 3.63) is 46.6 Å². The average molecular weight is 232 g/mol. The Morgan fingerprint density at radius 3 is 2.53 bits per heavy atom. The van der Waals surface area contributed by atoms with Gasteiger partial charge in [0, 0.05) is 13.0 Å². The molecule has 2 aromatic rings. The van der Waals surface area contributed by atoms with Gasteiger partial charge in [0.15, 0.2) is 5.82 Å². The lowest BCUT2D eigenvalue weighted by atomic mass is 10.3. The quantitative estimate of drug-likeness (QED) is 0.869. The van der Waals surface area contributed by atoms with Crippen LogP contribution in [0.5, 0.6) is 0 Å². The van der Waals surface area contributed by atoms with E-state index in [0.29, 0.717) is 13.0 Å². The van der Waals surface area contributed by atoms with E-state index in [1.807, 2.05) is 44.2 Å². The van der Waals surface area contributed by atoms with Crippen molar-refractivity contribution in [3.63, 3.8) is 0 Å². The Bertz CT molecular complexity index is 541. The Morgan fingerprint density at radius 1 is 1.24 bits per heavy atom. The molecule has 0 fully saturated rings. The number of hydrogen-bond acceptors (Lipinski definition) is 3. The van der Waals surface area contributed by atoms with Crippen LogP contribution in [0.3, 0.4) is 0 Å². The maximum Gasteiger partial charge on any atom is 0.365 e. The first-order chi connectivity index (χ1) is 8.26. The molecule has 90 valence electrons. The van der Waals surface area contributed by atoms with E-state index >= 15 is 0 Å². The number of aromatic nitrogens is 3. The first-order valence-electron chi connectivity index (χ1n) is 5.77. The molecular formula is C12H16N4O. The standard InChI is InChI=1S/C12H16N4O/c1-3-11-14-15(4-2)12(17)16(11)13-10-8-6-5-7-9-10/h5-9,13H,3-4H2,1-2H3. The number of benzene rings is 1. The molecule has 0 radical (unpaired) electrons. The van der Waals surface area contributed by atoms with E-state index in [-0.39, 0.29) is 5.69 Å². The van der Waals surface area contributed by atoms with Crippen LogP contribution in [0.25, 0.3) is 0 Å². The van der Waals surface area contributed by atoms with Gasteiger partial charge >= 0.3 is 5.69 Å². The lowest BCUT2D eigenvalue weighted by Crippen LogP contribution is -2.29. The first kappa shape index (κ1) is 11.4. The molecule has 0 aliphatic heterocycles. The van der Waals surface area contributed by atoms with E-state index < -0.39 is 0 Å². The summed E-state index contributed by atoms with van der Waals surface area (Å²) in [5.74, 6) is 0.737. The summed E-state index contributed by atoms with van der Waals surface area (Å²) in [6, 6.07) is 9.60. The van der Waals surface area contributed by atoms with E-state index in [9.17, 15) is 4.79 Å². The maximum absolute atomic E-state index is 12.0. The second-order valence-corrected chi connectivity index (χ2v) is 3.68. The van der Waals surface area contributed by atoms with E-state index in [1.165, 1.54) is 9.36 Å². The molecule has 0 saturated carbocycles. The molecule has 5 nitrogen and oxygen atoms in total. The Morgan fingerprint density at radius 2 is 1.94 bits per heavy atom. The van der Waals surface area contributed by atoms with Crippen molar-refractivity contribution in [3.8, 4) is 0 Å². The number of rotatable bonds is 4. The van der Waals surface area contributed by atoms with Crippen LogP contribution in [0.4, 0.5) is 5.69 Å². The molecule has 0 spiro atoms. The van der Waals surface area contributed by atoms with Crippen molar-refractivity contribution >= 4 is 5.69 Å². The Hall–Kier alpha value is -2.04. The van der Waals surface area contributed by atoms with Crippen LogP contribution in [0, 0.1) is 0 Å². The number of anilines is 1. The molecule has 0 aliphatic rings. The highest BCUT2D eigenvalue weighted by molar-refractivity contribution is 5.42. The predicted octanol–water partition coefficient (Wildman–Crippen LogP) is 1.50. The molecule has 0 amide bonds. The smallest absolute Gasteiger partial charge is 0.289 e. The minimum Gasteiger partial charge on any atom is -0.289 e. The molecule has 0 aliphatic carbocycles. The Balaban J connectivity index is 2.38. The van der Waals surface area contributed by atoms with Gasteiger partial charge < -0.3 is 0 Å². The third kappa shape index (κ3) is 2.22. The van der Waals surface area contributed by atoms with E-state index in [0.717, 1.165) is 11.5 Å². The topological polar surface area (TPSA) is 51.9 Å². The molecule has 1 aromatic heterocycles. The number of hydrogen-bond donors (Lipinski definition) is 1. The van der Waals surface area contributed by atoms with Crippen molar-refractivity contribution in [1.82, 2.24) is 14.5 Å². The van der Waals surface area contributed by atoms with E-state index in [1.54, 1.807) is 0 Å². The van der Waals surface area contributed by atoms with Crippen molar-refractivity contribution in [2.75, 3.05) is 5.43 Å². The van der Waals surface area contributed by atoms with Gasteiger partial charge in [0.05, 0.1) is 5.69 Å². The molecular weight excluding hydrogens is 216 g/mol. The molecule has 1 heterocycles. The number of aryl methyl sites for hydroxylation is 2. The minimum atomic E-state index is -0.131. The number of para-hydroxylation sites is 1. The minimum absolute atomic E-state index is 0.131. The molecule has 2 rings (SSSR count). The maximum atomic E-state index is 12.0. The van der Waals surface area contributed by atoms with Gasteiger partial charge in [0.2, 0.25) is 0 Å². The van der Waals surface area contributed by atoms with Gasteiger partial charge in [0.1, 0.15) is 0 Å². The SMILES string of the molecule is CCc1nn(CC)c(=O)n1Nc1ccccc1. The lowest BCUT2D eigenvalue weighted by Gasteiger charge is -2.07. The van der Waals surface area contributed by atoms with Crippen LogP contribution < -0.4 is 11.1 Å². The normalized spacial score (nSPS) is 10.5. The van der Waals surface area contributed by atoms with Gasteiger partial charge in [-0.25, -0.2) is 9.48 Å². The summed E-state index contributed by atoms with van der Waals surface area (Å²) in [6.07, 6.45) is 0.710. The van der Waals surface area contributed by atoms with Gasteiger partial charge in [-0.1, -0.05) is 25.1 Å². The van der Waals surface area contributed by atoms with Crippen molar-refractivity contribution in [2.24, 2.45) is 0 Å². The van der Waals surface area contributed by atoms with Crippen molar-refractivity contribution in [2.45, 2.75) is 26.8 Å². The van der Waals surface area contributed by atoms with Crippen LogP contribution >= 0.6 is 0 Å². The van der Waals surface area contributed by atoms with Gasteiger partial charge in [-0.2, -0.15) is 9.77 Å². The predicted molar refractivity (Wildman–Crippen MR) is 67.0 cm³/mol. The van der Waals surface area contributed by atoms with Crippen LogP contribution in [-0.4, -0.2) is 14.5 Å². The summed E-state index contributed by atoms with van der Waals surface area (Å²) in [6.45, 7) is 4.46. The van der Waals surface area contributed by atoms with Crippen molar-refractivity contribution < 1.29 is 0 Å². The third-order valence-corrected chi connectivity index (χ3v) is 2.54. The monoisotopic (exact) mass is 232 g/mol. The fourth-order valence-corrected chi connectivity index (χ4v) is 1.64. The zero-order valence-electron chi connectivity index (χ0n) is 10.1. The number of nitrogens with zero attached hydrogens (tertiary/aromatic N) is 3. The van der Waals surface area contributed by atoms with Gasteiger partial charge in [0.25, 0.3) is 0 Å². The molecule has 1 aromatic carbocycles. The van der Waals surface area contributed by atoms with Crippen molar-refractivity contribution in [1.29, 1.82) is 0 Å². The number of nitrogens with one attached hydrogen (secondary N) is 1. The van der Waals surface area contributed by atoms with E-state index in [2.05, 4.69) is 10.5 Å². The second kappa shape index (κ2) is 4.86. The highest BCUT2D eigenvalue weighted by atomic mass is 16.2. The lowest BCUT2D eigenvalue weighted by molar-refractivity contribution is 0.622.